The molecule has 0 spiro atoms. The summed E-state index contributed by atoms with van der Waals surface area (Å²) >= 11 is 1.22. The molecular formula is C26H28N4O4S. The van der Waals surface area contributed by atoms with Crippen LogP contribution in [0.1, 0.15) is 29.8 Å². The van der Waals surface area contributed by atoms with Crippen molar-refractivity contribution >= 4 is 28.7 Å². The van der Waals surface area contributed by atoms with Gasteiger partial charge < -0.3 is 19.8 Å². The standard InChI is InChI=1S/C26H28N4O4S/c1-15-6-9-19(10-7-15)30-25(32)24-20(12-16(2)27-24)29-26(30)35-14-23(31)28-17(3)18-8-11-21(33-4)22(13-18)34-5/h6-13,17,27H,14H2,1-5H3,(H,28,31)/t17-/m1/s1. The van der Waals surface area contributed by atoms with Gasteiger partial charge in [0.05, 0.1) is 37.2 Å². The lowest BCUT2D eigenvalue weighted by Crippen LogP contribution is -2.29. The van der Waals surface area contributed by atoms with Crippen LogP contribution in [0.25, 0.3) is 16.7 Å². The van der Waals surface area contributed by atoms with Gasteiger partial charge in [-0.25, -0.2) is 4.98 Å². The number of nitrogens with one attached hydrogen (secondary N) is 2. The zero-order valence-corrected chi connectivity index (χ0v) is 21.2. The third-order valence-electron chi connectivity index (χ3n) is 5.67. The number of thioether (sulfide) groups is 1. The van der Waals surface area contributed by atoms with E-state index >= 15 is 0 Å². The highest BCUT2D eigenvalue weighted by Gasteiger charge is 2.18. The Morgan fingerprint density at radius 1 is 1.09 bits per heavy atom. The second-order valence-electron chi connectivity index (χ2n) is 8.28. The molecule has 0 aliphatic heterocycles. The number of hydrogen-bond acceptors (Lipinski definition) is 6. The third kappa shape index (κ3) is 5.19. The molecular weight excluding hydrogens is 464 g/mol. The monoisotopic (exact) mass is 492 g/mol. The van der Waals surface area contributed by atoms with E-state index in [1.807, 2.05) is 69.3 Å². The smallest absolute Gasteiger partial charge is 0.283 e. The molecule has 0 fully saturated rings. The van der Waals surface area contributed by atoms with Crippen molar-refractivity contribution in [3.05, 3.63) is 75.7 Å². The molecule has 4 rings (SSSR count). The van der Waals surface area contributed by atoms with Gasteiger partial charge in [0.15, 0.2) is 16.7 Å². The fourth-order valence-corrected chi connectivity index (χ4v) is 4.64. The molecule has 0 saturated carbocycles. The Labute approximate surface area is 207 Å². The Bertz CT molecular complexity index is 1430. The number of nitrogens with zero attached hydrogens (tertiary/aromatic N) is 2. The van der Waals surface area contributed by atoms with Gasteiger partial charge in [-0.05, 0) is 56.7 Å². The fourth-order valence-electron chi connectivity index (χ4n) is 3.81. The molecule has 2 aromatic carbocycles. The van der Waals surface area contributed by atoms with Crippen molar-refractivity contribution in [1.29, 1.82) is 0 Å². The number of methoxy groups -OCH3 is 2. The average molecular weight is 493 g/mol. The number of H-pyrrole nitrogens is 1. The Balaban J connectivity index is 1.56. The number of amides is 1. The largest absolute Gasteiger partial charge is 0.493 e. The number of carbonyl (C=O) groups excluding carboxylic acids is 1. The van der Waals surface area contributed by atoms with Crippen molar-refractivity contribution in [3.63, 3.8) is 0 Å². The number of aryl methyl sites for hydroxylation is 2. The van der Waals surface area contributed by atoms with Crippen LogP contribution in [0, 0.1) is 13.8 Å². The van der Waals surface area contributed by atoms with Crippen LogP contribution in [0.5, 0.6) is 11.5 Å². The van der Waals surface area contributed by atoms with Crippen molar-refractivity contribution < 1.29 is 14.3 Å². The zero-order chi connectivity index (χ0) is 25.1. The summed E-state index contributed by atoms with van der Waals surface area (Å²) in [5.74, 6) is 1.15. The minimum Gasteiger partial charge on any atom is -0.493 e. The molecule has 4 aromatic rings. The van der Waals surface area contributed by atoms with E-state index in [-0.39, 0.29) is 23.3 Å². The van der Waals surface area contributed by atoms with Gasteiger partial charge in [0.25, 0.3) is 5.56 Å². The lowest BCUT2D eigenvalue weighted by molar-refractivity contribution is -0.119. The fraction of sp³-hybridized carbons (Fsp3) is 0.269. The molecule has 0 aliphatic rings. The Morgan fingerprint density at radius 2 is 1.80 bits per heavy atom. The van der Waals surface area contributed by atoms with Gasteiger partial charge in [-0.2, -0.15) is 0 Å². The van der Waals surface area contributed by atoms with E-state index in [0.29, 0.717) is 33.4 Å². The normalized spacial score (nSPS) is 11.9. The van der Waals surface area contributed by atoms with Crippen molar-refractivity contribution in [2.24, 2.45) is 0 Å². The molecule has 9 heteroatoms. The topological polar surface area (TPSA) is 98.2 Å². The molecule has 2 aromatic heterocycles. The second-order valence-corrected chi connectivity index (χ2v) is 9.22. The highest BCUT2D eigenvalue weighted by atomic mass is 32.2. The summed E-state index contributed by atoms with van der Waals surface area (Å²) in [6, 6.07) is 14.8. The predicted molar refractivity (Wildman–Crippen MR) is 138 cm³/mol. The van der Waals surface area contributed by atoms with Gasteiger partial charge in [-0.15, -0.1) is 0 Å². The number of rotatable bonds is 8. The first-order valence-corrected chi connectivity index (χ1v) is 12.1. The maximum atomic E-state index is 13.3. The summed E-state index contributed by atoms with van der Waals surface area (Å²) in [6.45, 7) is 5.77. The van der Waals surface area contributed by atoms with E-state index in [9.17, 15) is 9.59 Å². The van der Waals surface area contributed by atoms with E-state index < -0.39 is 0 Å². The highest BCUT2D eigenvalue weighted by Crippen LogP contribution is 2.30. The molecule has 8 nitrogen and oxygen atoms in total. The Kier molecular flexibility index (Phi) is 7.16. The number of aromatic nitrogens is 3. The number of carbonyl (C=O) groups is 1. The number of hydrogen-bond donors (Lipinski definition) is 2. The van der Waals surface area contributed by atoms with Gasteiger partial charge in [0.1, 0.15) is 5.52 Å². The van der Waals surface area contributed by atoms with E-state index in [1.54, 1.807) is 18.8 Å². The quantitative estimate of drug-likeness (QED) is 0.281. The van der Waals surface area contributed by atoms with Crippen LogP contribution >= 0.6 is 11.8 Å². The second kappa shape index (κ2) is 10.3. The highest BCUT2D eigenvalue weighted by molar-refractivity contribution is 7.99. The van der Waals surface area contributed by atoms with Crippen LogP contribution in [-0.2, 0) is 4.79 Å². The van der Waals surface area contributed by atoms with E-state index in [0.717, 1.165) is 16.8 Å². The SMILES string of the molecule is COc1ccc([C@@H](C)NC(=O)CSc2nc3cc(C)[nH]c3c(=O)n2-c2ccc(C)cc2)cc1OC. The van der Waals surface area contributed by atoms with Crippen LogP contribution in [0.15, 0.2) is 58.5 Å². The third-order valence-corrected chi connectivity index (χ3v) is 6.60. The Hall–Kier alpha value is -3.72. The molecule has 1 amide bonds. The molecule has 1 atom stereocenters. The van der Waals surface area contributed by atoms with Crippen molar-refractivity contribution in [1.82, 2.24) is 19.9 Å². The molecule has 0 saturated heterocycles. The molecule has 0 radical (unpaired) electrons. The van der Waals surface area contributed by atoms with Crippen LogP contribution in [0.4, 0.5) is 0 Å². The minimum atomic E-state index is -0.245. The molecule has 0 unspecified atom stereocenters. The number of benzene rings is 2. The van der Waals surface area contributed by atoms with Gasteiger partial charge in [0, 0.05) is 5.69 Å². The van der Waals surface area contributed by atoms with E-state index in [4.69, 9.17) is 14.5 Å². The van der Waals surface area contributed by atoms with E-state index in [1.165, 1.54) is 11.8 Å². The number of ether oxygens (including phenoxy) is 2. The lowest BCUT2D eigenvalue weighted by Gasteiger charge is -2.17. The predicted octanol–water partition coefficient (Wildman–Crippen LogP) is 4.32. The zero-order valence-electron chi connectivity index (χ0n) is 20.3. The maximum absolute atomic E-state index is 13.3. The summed E-state index contributed by atoms with van der Waals surface area (Å²) < 4.78 is 12.2. The van der Waals surface area contributed by atoms with Gasteiger partial charge in [-0.3, -0.25) is 14.2 Å². The average Bonchev–Trinajstić information content (AvgIpc) is 3.23. The first kappa shape index (κ1) is 24.4. The van der Waals surface area contributed by atoms with Crippen molar-refractivity contribution in [2.75, 3.05) is 20.0 Å². The van der Waals surface area contributed by atoms with Crippen LogP contribution in [-0.4, -0.2) is 40.4 Å². The van der Waals surface area contributed by atoms with Crippen molar-refractivity contribution in [2.45, 2.75) is 32.0 Å². The maximum Gasteiger partial charge on any atom is 0.283 e. The molecule has 182 valence electrons. The molecule has 0 aliphatic carbocycles. The minimum absolute atomic E-state index is 0.102. The van der Waals surface area contributed by atoms with E-state index in [2.05, 4.69) is 10.3 Å². The first-order valence-electron chi connectivity index (χ1n) is 11.1. The van der Waals surface area contributed by atoms with Crippen molar-refractivity contribution in [3.8, 4) is 17.2 Å². The Morgan fingerprint density at radius 3 is 2.49 bits per heavy atom. The molecule has 0 bridgehead atoms. The van der Waals surface area contributed by atoms with Gasteiger partial charge >= 0.3 is 0 Å². The summed E-state index contributed by atoms with van der Waals surface area (Å²) in [6.07, 6.45) is 0. The van der Waals surface area contributed by atoms with Crippen LogP contribution in [0.3, 0.4) is 0 Å². The van der Waals surface area contributed by atoms with Crippen LogP contribution < -0.4 is 20.3 Å². The number of aromatic amines is 1. The summed E-state index contributed by atoms with van der Waals surface area (Å²) in [7, 11) is 3.15. The summed E-state index contributed by atoms with van der Waals surface area (Å²) in [4.78, 5) is 33.9. The molecule has 2 heterocycles. The first-order chi connectivity index (χ1) is 16.8. The van der Waals surface area contributed by atoms with Gasteiger partial charge in [0.2, 0.25) is 5.91 Å². The molecule has 35 heavy (non-hydrogen) atoms. The summed E-state index contributed by atoms with van der Waals surface area (Å²) in [5.41, 5.74) is 4.35. The molecule has 2 N–H and O–H groups in total. The summed E-state index contributed by atoms with van der Waals surface area (Å²) in [5, 5.41) is 3.46. The van der Waals surface area contributed by atoms with Crippen LogP contribution in [0.2, 0.25) is 0 Å². The lowest BCUT2D eigenvalue weighted by atomic mass is 10.1. The number of fused-ring (bicyclic) bond motifs is 1. The van der Waals surface area contributed by atoms with Gasteiger partial charge in [-0.1, -0.05) is 35.5 Å².